The second-order valence-electron chi connectivity index (χ2n) is 4.62. The van der Waals surface area contributed by atoms with E-state index >= 15 is 0 Å². The fourth-order valence-corrected chi connectivity index (χ4v) is 1.35. The Morgan fingerprint density at radius 1 is 1.29 bits per heavy atom. The molecule has 0 aliphatic heterocycles. The van der Waals surface area contributed by atoms with Crippen LogP contribution in [0.5, 0.6) is 0 Å². The Morgan fingerprint density at radius 3 is 2.24 bits per heavy atom. The maximum atomic E-state index is 11.8. The number of hydrogen-bond donors (Lipinski definition) is 2. The first-order valence-corrected chi connectivity index (χ1v) is 6.09. The summed E-state index contributed by atoms with van der Waals surface area (Å²) in [6, 6.07) is -0.137. The minimum atomic E-state index is -0.828. The van der Waals surface area contributed by atoms with E-state index in [1.165, 1.54) is 4.90 Å². The zero-order valence-electron chi connectivity index (χ0n) is 11.2. The molecule has 0 aromatic heterocycles. The SMILES string of the molecule is CCC(C)(CC)NC(=O)N(C)CCCC(=O)O. The van der Waals surface area contributed by atoms with Crippen molar-refractivity contribution in [2.24, 2.45) is 0 Å². The van der Waals surface area contributed by atoms with Gasteiger partial charge in [-0.05, 0) is 26.2 Å². The number of urea groups is 1. The highest BCUT2D eigenvalue weighted by atomic mass is 16.4. The van der Waals surface area contributed by atoms with Crippen LogP contribution in [-0.4, -0.2) is 41.1 Å². The molecule has 5 nitrogen and oxygen atoms in total. The molecule has 0 unspecified atom stereocenters. The van der Waals surface area contributed by atoms with Crippen molar-refractivity contribution in [3.05, 3.63) is 0 Å². The Kier molecular flexibility index (Phi) is 6.61. The lowest BCUT2D eigenvalue weighted by molar-refractivity contribution is -0.137. The van der Waals surface area contributed by atoms with Gasteiger partial charge in [0.15, 0.2) is 0 Å². The lowest BCUT2D eigenvalue weighted by Crippen LogP contribution is -2.50. The molecule has 5 heteroatoms. The van der Waals surface area contributed by atoms with E-state index in [-0.39, 0.29) is 18.0 Å². The second-order valence-corrected chi connectivity index (χ2v) is 4.62. The molecule has 0 aromatic carbocycles. The smallest absolute Gasteiger partial charge is 0.317 e. The fourth-order valence-electron chi connectivity index (χ4n) is 1.35. The van der Waals surface area contributed by atoms with Gasteiger partial charge in [0.2, 0.25) is 0 Å². The van der Waals surface area contributed by atoms with Crippen molar-refractivity contribution < 1.29 is 14.7 Å². The number of carboxylic acid groups (broad SMARTS) is 1. The van der Waals surface area contributed by atoms with Gasteiger partial charge in [0.1, 0.15) is 0 Å². The van der Waals surface area contributed by atoms with E-state index in [1.807, 2.05) is 20.8 Å². The van der Waals surface area contributed by atoms with E-state index in [2.05, 4.69) is 5.32 Å². The molecule has 0 saturated heterocycles. The Morgan fingerprint density at radius 2 is 1.82 bits per heavy atom. The summed E-state index contributed by atoms with van der Waals surface area (Å²) in [5, 5.41) is 11.5. The van der Waals surface area contributed by atoms with Gasteiger partial charge in [0, 0.05) is 25.6 Å². The summed E-state index contributed by atoms with van der Waals surface area (Å²) in [5.41, 5.74) is -0.182. The van der Waals surface area contributed by atoms with Crippen molar-refractivity contribution in [3.8, 4) is 0 Å². The first-order valence-electron chi connectivity index (χ1n) is 6.09. The molecule has 0 aliphatic rings. The molecule has 0 fully saturated rings. The molecule has 0 spiro atoms. The number of rotatable bonds is 7. The maximum Gasteiger partial charge on any atom is 0.317 e. The molecule has 0 aliphatic carbocycles. The molecular weight excluding hydrogens is 220 g/mol. The second kappa shape index (κ2) is 7.14. The van der Waals surface area contributed by atoms with Gasteiger partial charge in [-0.3, -0.25) is 4.79 Å². The van der Waals surface area contributed by atoms with Crippen LogP contribution in [-0.2, 0) is 4.79 Å². The quantitative estimate of drug-likeness (QED) is 0.720. The Hall–Kier alpha value is -1.26. The number of nitrogens with one attached hydrogen (secondary N) is 1. The van der Waals surface area contributed by atoms with Crippen LogP contribution in [0.1, 0.15) is 46.5 Å². The van der Waals surface area contributed by atoms with Gasteiger partial charge in [-0.25, -0.2) is 4.79 Å². The predicted octanol–water partition coefficient (Wildman–Crippen LogP) is 2.07. The third-order valence-corrected chi connectivity index (χ3v) is 3.20. The fraction of sp³-hybridized carbons (Fsp3) is 0.833. The summed E-state index contributed by atoms with van der Waals surface area (Å²) >= 11 is 0. The lowest BCUT2D eigenvalue weighted by atomic mass is 9.96. The minimum absolute atomic E-state index is 0.0937. The monoisotopic (exact) mass is 244 g/mol. The number of aliphatic carboxylic acids is 1. The predicted molar refractivity (Wildman–Crippen MR) is 67.0 cm³/mol. The summed E-state index contributed by atoms with van der Waals surface area (Å²) in [4.78, 5) is 23.7. The van der Waals surface area contributed by atoms with Crippen LogP contribution in [0, 0.1) is 0 Å². The average molecular weight is 244 g/mol. The summed E-state index contributed by atoms with van der Waals surface area (Å²) < 4.78 is 0. The van der Waals surface area contributed by atoms with Gasteiger partial charge in [0.05, 0.1) is 0 Å². The van der Waals surface area contributed by atoms with E-state index in [0.717, 1.165) is 12.8 Å². The number of nitrogens with zero attached hydrogens (tertiary/aromatic N) is 1. The molecular formula is C12H24N2O3. The highest BCUT2D eigenvalue weighted by Crippen LogP contribution is 2.13. The summed E-state index contributed by atoms with van der Waals surface area (Å²) in [6.07, 6.45) is 2.32. The van der Waals surface area contributed by atoms with Crippen molar-refractivity contribution in [1.29, 1.82) is 0 Å². The number of hydrogen-bond acceptors (Lipinski definition) is 2. The van der Waals surface area contributed by atoms with E-state index in [0.29, 0.717) is 13.0 Å². The van der Waals surface area contributed by atoms with Crippen LogP contribution in [0.3, 0.4) is 0 Å². The standard InChI is InChI=1S/C12H24N2O3/c1-5-12(3,6-2)13-11(17)14(4)9-7-8-10(15)16/h5-9H2,1-4H3,(H,13,17)(H,15,16). The van der Waals surface area contributed by atoms with E-state index < -0.39 is 5.97 Å². The summed E-state index contributed by atoms with van der Waals surface area (Å²) in [7, 11) is 1.68. The number of amides is 2. The number of carbonyl (C=O) groups is 2. The average Bonchev–Trinajstić information content (AvgIpc) is 2.28. The van der Waals surface area contributed by atoms with Crippen LogP contribution in [0.15, 0.2) is 0 Å². The largest absolute Gasteiger partial charge is 0.481 e. The Bertz CT molecular complexity index is 262. The zero-order valence-corrected chi connectivity index (χ0v) is 11.2. The van der Waals surface area contributed by atoms with E-state index in [4.69, 9.17) is 5.11 Å². The van der Waals surface area contributed by atoms with Crippen LogP contribution >= 0.6 is 0 Å². The van der Waals surface area contributed by atoms with Gasteiger partial charge < -0.3 is 15.3 Å². The first-order chi connectivity index (χ1) is 7.84. The zero-order chi connectivity index (χ0) is 13.5. The highest BCUT2D eigenvalue weighted by Gasteiger charge is 2.23. The van der Waals surface area contributed by atoms with E-state index in [9.17, 15) is 9.59 Å². The Balaban J connectivity index is 4.09. The molecule has 0 heterocycles. The van der Waals surface area contributed by atoms with Crippen LogP contribution in [0.4, 0.5) is 4.79 Å². The van der Waals surface area contributed by atoms with Gasteiger partial charge >= 0.3 is 12.0 Å². The lowest BCUT2D eigenvalue weighted by Gasteiger charge is -2.31. The van der Waals surface area contributed by atoms with Crippen molar-refractivity contribution in [2.45, 2.75) is 52.0 Å². The number of carboxylic acids is 1. The van der Waals surface area contributed by atoms with Crippen LogP contribution in [0.25, 0.3) is 0 Å². The molecule has 0 aromatic rings. The van der Waals surface area contributed by atoms with Gasteiger partial charge in [-0.15, -0.1) is 0 Å². The summed E-state index contributed by atoms with van der Waals surface area (Å²) in [5.74, 6) is -0.828. The third kappa shape index (κ3) is 6.14. The summed E-state index contributed by atoms with van der Waals surface area (Å²) in [6.45, 7) is 6.54. The molecule has 0 atom stereocenters. The van der Waals surface area contributed by atoms with E-state index in [1.54, 1.807) is 7.05 Å². The molecule has 2 amide bonds. The molecule has 17 heavy (non-hydrogen) atoms. The molecule has 0 rings (SSSR count). The first kappa shape index (κ1) is 15.7. The van der Waals surface area contributed by atoms with Gasteiger partial charge in [-0.2, -0.15) is 0 Å². The van der Waals surface area contributed by atoms with Gasteiger partial charge in [0.25, 0.3) is 0 Å². The maximum absolute atomic E-state index is 11.8. The normalized spacial score (nSPS) is 11.1. The van der Waals surface area contributed by atoms with Gasteiger partial charge in [-0.1, -0.05) is 13.8 Å². The topological polar surface area (TPSA) is 69.6 Å². The molecule has 0 bridgehead atoms. The van der Waals surface area contributed by atoms with Crippen molar-refractivity contribution >= 4 is 12.0 Å². The highest BCUT2D eigenvalue weighted by molar-refractivity contribution is 5.74. The third-order valence-electron chi connectivity index (χ3n) is 3.20. The van der Waals surface area contributed by atoms with Crippen LogP contribution < -0.4 is 5.32 Å². The molecule has 2 N–H and O–H groups in total. The number of carbonyl (C=O) groups excluding carboxylic acids is 1. The molecule has 0 radical (unpaired) electrons. The molecule has 0 saturated carbocycles. The van der Waals surface area contributed by atoms with Crippen molar-refractivity contribution in [3.63, 3.8) is 0 Å². The van der Waals surface area contributed by atoms with Crippen molar-refractivity contribution in [1.82, 2.24) is 10.2 Å². The Labute approximate surface area is 103 Å². The van der Waals surface area contributed by atoms with Crippen LogP contribution in [0.2, 0.25) is 0 Å². The van der Waals surface area contributed by atoms with Crippen molar-refractivity contribution in [2.75, 3.05) is 13.6 Å². The molecule has 100 valence electrons. The minimum Gasteiger partial charge on any atom is -0.481 e.